The molecule has 0 saturated carbocycles. The van der Waals surface area contributed by atoms with Crippen molar-refractivity contribution >= 4 is 11.9 Å². The molecule has 3 aromatic rings. The lowest BCUT2D eigenvalue weighted by atomic mass is 9.93. The maximum Gasteiger partial charge on any atom is 0.181 e. The molecule has 0 radical (unpaired) electrons. The fraction of sp³-hybridized carbons (Fsp3) is 0.294. The molecule has 2 aromatic heterocycles. The fourth-order valence-corrected chi connectivity index (χ4v) is 2.17. The third kappa shape index (κ3) is 3.90. The van der Waals surface area contributed by atoms with Gasteiger partial charge in [-0.15, -0.1) is 5.10 Å². The van der Waals surface area contributed by atoms with Crippen LogP contribution in [0.25, 0.3) is 11.8 Å². The number of allylic oxidation sites excluding steroid dienone is 1. The molecule has 0 aliphatic carbocycles. The average Bonchev–Trinajstić information content (AvgIpc) is 3.17. The first-order chi connectivity index (χ1) is 11.8. The van der Waals surface area contributed by atoms with Crippen molar-refractivity contribution in [1.82, 2.24) is 25.4 Å². The summed E-state index contributed by atoms with van der Waals surface area (Å²) in [5.74, 6) is 1.60. The predicted molar refractivity (Wildman–Crippen MR) is 91.6 cm³/mol. The van der Waals surface area contributed by atoms with E-state index in [1.807, 2.05) is 13.0 Å². The van der Waals surface area contributed by atoms with Crippen molar-refractivity contribution < 1.29 is 8.91 Å². The summed E-state index contributed by atoms with van der Waals surface area (Å²) < 4.78 is 19.9. The van der Waals surface area contributed by atoms with Crippen LogP contribution in [0.1, 0.15) is 39.3 Å². The number of hydrogen-bond acceptors (Lipinski definition) is 6. The van der Waals surface area contributed by atoms with Gasteiger partial charge in [-0.2, -0.15) is 4.68 Å². The Bertz CT molecular complexity index is 889. The Balaban J connectivity index is 1.80. The van der Waals surface area contributed by atoms with Crippen LogP contribution in [0.5, 0.6) is 0 Å². The molecule has 130 valence electrons. The van der Waals surface area contributed by atoms with Crippen LogP contribution in [0.3, 0.4) is 0 Å². The maximum absolute atomic E-state index is 13.1. The summed E-state index contributed by atoms with van der Waals surface area (Å²) in [6.45, 7) is 8.03. The minimum Gasteiger partial charge on any atom is -0.359 e. The van der Waals surface area contributed by atoms with Crippen molar-refractivity contribution in [2.45, 2.75) is 33.1 Å². The van der Waals surface area contributed by atoms with Crippen molar-refractivity contribution in [2.24, 2.45) is 0 Å². The van der Waals surface area contributed by atoms with E-state index in [1.165, 1.54) is 16.8 Å². The monoisotopic (exact) mass is 342 g/mol. The molecule has 3 rings (SSSR count). The number of aromatic nitrogens is 5. The predicted octanol–water partition coefficient (Wildman–Crippen LogP) is 3.56. The van der Waals surface area contributed by atoms with Gasteiger partial charge in [-0.25, -0.2) is 4.39 Å². The van der Waals surface area contributed by atoms with Gasteiger partial charge in [0, 0.05) is 23.3 Å². The van der Waals surface area contributed by atoms with Crippen LogP contribution in [0, 0.1) is 5.82 Å². The molecular formula is C17H19FN6O. The van der Waals surface area contributed by atoms with Crippen LogP contribution >= 0.6 is 0 Å². The summed E-state index contributed by atoms with van der Waals surface area (Å²) in [4.78, 5) is 0. The third-order valence-corrected chi connectivity index (χ3v) is 3.49. The lowest BCUT2D eigenvalue weighted by molar-refractivity contribution is 0.331. The number of benzene rings is 1. The molecule has 0 atom stereocenters. The van der Waals surface area contributed by atoms with E-state index in [0.29, 0.717) is 17.3 Å². The van der Waals surface area contributed by atoms with Crippen LogP contribution in [0.2, 0.25) is 0 Å². The van der Waals surface area contributed by atoms with Gasteiger partial charge in [0.2, 0.25) is 0 Å². The SMILES string of the molecule is C/C(=C/c1nnnn1-c1ccc(F)cc1)Nc1cc(C(C)(C)C)on1. The molecule has 25 heavy (non-hydrogen) atoms. The van der Waals surface area contributed by atoms with Gasteiger partial charge in [0.05, 0.1) is 5.69 Å². The van der Waals surface area contributed by atoms with E-state index >= 15 is 0 Å². The second-order valence-electron chi connectivity index (χ2n) is 6.70. The van der Waals surface area contributed by atoms with Crippen molar-refractivity contribution in [1.29, 1.82) is 0 Å². The summed E-state index contributed by atoms with van der Waals surface area (Å²) in [5.41, 5.74) is 1.34. The molecule has 8 heteroatoms. The van der Waals surface area contributed by atoms with Gasteiger partial charge in [-0.1, -0.05) is 25.9 Å². The first-order valence-electron chi connectivity index (χ1n) is 7.80. The number of rotatable bonds is 4. The van der Waals surface area contributed by atoms with Crippen molar-refractivity contribution in [3.05, 3.63) is 53.4 Å². The Morgan fingerprint density at radius 3 is 2.60 bits per heavy atom. The van der Waals surface area contributed by atoms with Gasteiger partial charge in [0.15, 0.2) is 11.6 Å². The van der Waals surface area contributed by atoms with E-state index in [4.69, 9.17) is 4.52 Å². The second-order valence-corrected chi connectivity index (χ2v) is 6.70. The number of halogens is 1. The number of tetrazole rings is 1. The minimum absolute atomic E-state index is 0.114. The van der Waals surface area contributed by atoms with Gasteiger partial charge in [0.25, 0.3) is 0 Å². The Kier molecular flexibility index (Phi) is 4.35. The Morgan fingerprint density at radius 1 is 1.24 bits per heavy atom. The molecule has 1 aromatic carbocycles. The topological polar surface area (TPSA) is 81.7 Å². The zero-order valence-corrected chi connectivity index (χ0v) is 14.5. The highest BCUT2D eigenvalue weighted by molar-refractivity contribution is 5.54. The molecule has 0 fully saturated rings. The Labute approximate surface area is 144 Å². The molecule has 0 amide bonds. The van der Waals surface area contributed by atoms with Crippen LogP contribution < -0.4 is 5.32 Å². The number of hydrogen-bond donors (Lipinski definition) is 1. The molecular weight excluding hydrogens is 323 g/mol. The van der Waals surface area contributed by atoms with Gasteiger partial charge in [-0.05, 0) is 41.6 Å². The molecule has 1 N–H and O–H groups in total. The maximum atomic E-state index is 13.1. The highest BCUT2D eigenvalue weighted by Crippen LogP contribution is 2.25. The molecule has 0 aliphatic rings. The first kappa shape index (κ1) is 16.8. The van der Waals surface area contributed by atoms with E-state index in [0.717, 1.165) is 11.5 Å². The van der Waals surface area contributed by atoms with E-state index in [1.54, 1.807) is 18.2 Å². The Morgan fingerprint density at radius 2 is 1.96 bits per heavy atom. The molecule has 0 bridgehead atoms. The average molecular weight is 342 g/mol. The quantitative estimate of drug-likeness (QED) is 0.781. The number of nitrogens with zero attached hydrogens (tertiary/aromatic N) is 5. The van der Waals surface area contributed by atoms with Crippen molar-refractivity contribution in [3.63, 3.8) is 0 Å². The summed E-state index contributed by atoms with van der Waals surface area (Å²) in [7, 11) is 0. The van der Waals surface area contributed by atoms with Crippen LogP contribution in [0.4, 0.5) is 10.2 Å². The first-order valence-corrected chi connectivity index (χ1v) is 7.80. The van der Waals surface area contributed by atoms with Gasteiger partial charge in [-0.3, -0.25) is 0 Å². The highest BCUT2D eigenvalue weighted by Gasteiger charge is 2.19. The fourth-order valence-electron chi connectivity index (χ4n) is 2.17. The smallest absolute Gasteiger partial charge is 0.181 e. The van der Waals surface area contributed by atoms with E-state index < -0.39 is 0 Å². The third-order valence-electron chi connectivity index (χ3n) is 3.49. The summed E-state index contributed by atoms with van der Waals surface area (Å²) in [6.07, 6.45) is 1.77. The standard InChI is InChI=1S/C17H19FN6O/c1-11(19-15-10-14(25-21-15)17(2,3)4)9-16-20-22-23-24(16)13-7-5-12(18)6-8-13/h5-10H,1-4H3,(H,19,21)/b11-9-. The van der Waals surface area contributed by atoms with E-state index in [-0.39, 0.29) is 11.2 Å². The summed E-state index contributed by atoms with van der Waals surface area (Å²) in [5, 5.41) is 18.8. The number of anilines is 1. The Hall–Kier alpha value is -3.03. The normalized spacial score (nSPS) is 12.4. The summed E-state index contributed by atoms with van der Waals surface area (Å²) in [6, 6.07) is 7.80. The van der Waals surface area contributed by atoms with Crippen LogP contribution in [-0.2, 0) is 5.41 Å². The van der Waals surface area contributed by atoms with Gasteiger partial charge >= 0.3 is 0 Å². The van der Waals surface area contributed by atoms with Gasteiger partial charge in [0.1, 0.15) is 11.6 Å². The molecule has 0 spiro atoms. The zero-order chi connectivity index (χ0) is 18.0. The molecule has 0 aliphatic heterocycles. The van der Waals surface area contributed by atoms with Crippen LogP contribution in [0.15, 0.2) is 40.6 Å². The largest absolute Gasteiger partial charge is 0.359 e. The zero-order valence-electron chi connectivity index (χ0n) is 14.5. The van der Waals surface area contributed by atoms with Crippen molar-refractivity contribution in [3.8, 4) is 5.69 Å². The second kappa shape index (κ2) is 6.46. The van der Waals surface area contributed by atoms with Crippen molar-refractivity contribution in [2.75, 3.05) is 5.32 Å². The minimum atomic E-state index is -0.313. The molecule has 7 nitrogen and oxygen atoms in total. The highest BCUT2D eigenvalue weighted by atomic mass is 19.1. The lowest BCUT2D eigenvalue weighted by Crippen LogP contribution is -2.09. The number of nitrogens with one attached hydrogen (secondary N) is 1. The van der Waals surface area contributed by atoms with E-state index in [2.05, 4.69) is 46.8 Å². The van der Waals surface area contributed by atoms with E-state index in [9.17, 15) is 4.39 Å². The molecule has 0 unspecified atom stereocenters. The summed E-state index contributed by atoms with van der Waals surface area (Å²) >= 11 is 0. The molecule has 0 saturated heterocycles. The lowest BCUT2D eigenvalue weighted by Gasteiger charge is -2.12. The molecule has 2 heterocycles. The van der Waals surface area contributed by atoms with Crippen LogP contribution in [-0.4, -0.2) is 25.4 Å². The van der Waals surface area contributed by atoms with Gasteiger partial charge < -0.3 is 9.84 Å².